The summed E-state index contributed by atoms with van der Waals surface area (Å²) in [4.78, 5) is 7.77. The van der Waals surface area contributed by atoms with E-state index < -0.39 is 0 Å². The molecule has 0 aliphatic heterocycles. The van der Waals surface area contributed by atoms with Gasteiger partial charge in [0.2, 0.25) is 5.95 Å². The molecule has 3 N–H and O–H groups in total. The van der Waals surface area contributed by atoms with Crippen molar-refractivity contribution < 1.29 is 5.11 Å². The van der Waals surface area contributed by atoms with E-state index in [-0.39, 0.29) is 16.9 Å². The number of hydrogen-bond acceptors (Lipinski definition) is 4. The Morgan fingerprint density at radius 2 is 2.00 bits per heavy atom. The van der Waals surface area contributed by atoms with Gasteiger partial charge in [0.1, 0.15) is 10.9 Å². The van der Waals surface area contributed by atoms with Crippen molar-refractivity contribution in [1.29, 1.82) is 0 Å². The number of anilines is 1. The van der Waals surface area contributed by atoms with Gasteiger partial charge in [-0.2, -0.15) is 0 Å². The molecule has 0 unspecified atom stereocenters. The SMILES string of the molecule is Nc1nc(Cl)cc(-c2cccc(O)c2)n1. The van der Waals surface area contributed by atoms with E-state index in [2.05, 4.69) is 9.97 Å². The molecule has 0 atom stereocenters. The molecule has 0 bridgehead atoms. The first-order valence-corrected chi connectivity index (χ1v) is 4.62. The van der Waals surface area contributed by atoms with E-state index >= 15 is 0 Å². The minimum absolute atomic E-state index is 0.112. The van der Waals surface area contributed by atoms with Gasteiger partial charge in [0.25, 0.3) is 0 Å². The Morgan fingerprint density at radius 1 is 1.20 bits per heavy atom. The van der Waals surface area contributed by atoms with E-state index in [1.807, 2.05) is 0 Å². The third kappa shape index (κ3) is 2.16. The van der Waals surface area contributed by atoms with E-state index in [0.29, 0.717) is 5.69 Å². The third-order valence-electron chi connectivity index (χ3n) is 1.85. The minimum Gasteiger partial charge on any atom is -0.508 e. The zero-order valence-electron chi connectivity index (χ0n) is 7.68. The van der Waals surface area contributed by atoms with Crippen molar-refractivity contribution in [3.8, 4) is 17.0 Å². The van der Waals surface area contributed by atoms with Crippen LogP contribution in [0.15, 0.2) is 30.3 Å². The number of phenolic OH excluding ortho intramolecular Hbond substituents is 1. The summed E-state index contributed by atoms with van der Waals surface area (Å²) >= 11 is 5.75. The van der Waals surface area contributed by atoms with E-state index in [0.717, 1.165) is 5.56 Å². The molecule has 2 aromatic rings. The lowest BCUT2D eigenvalue weighted by molar-refractivity contribution is 0.475. The molecule has 0 saturated heterocycles. The fourth-order valence-electron chi connectivity index (χ4n) is 1.25. The van der Waals surface area contributed by atoms with E-state index in [9.17, 15) is 5.11 Å². The molecule has 0 fully saturated rings. The Kier molecular flexibility index (Phi) is 2.43. The number of hydrogen-bond donors (Lipinski definition) is 2. The van der Waals surface area contributed by atoms with Crippen LogP contribution in [-0.2, 0) is 0 Å². The van der Waals surface area contributed by atoms with Crippen LogP contribution in [0.25, 0.3) is 11.3 Å². The van der Waals surface area contributed by atoms with Crippen LogP contribution in [0.5, 0.6) is 5.75 Å². The summed E-state index contributed by atoms with van der Waals surface area (Å²) in [6.45, 7) is 0. The first kappa shape index (κ1) is 9.73. The van der Waals surface area contributed by atoms with Gasteiger partial charge in [0.15, 0.2) is 0 Å². The van der Waals surface area contributed by atoms with E-state index in [1.165, 1.54) is 0 Å². The van der Waals surface area contributed by atoms with Gasteiger partial charge in [-0.05, 0) is 12.1 Å². The van der Waals surface area contributed by atoms with Gasteiger partial charge < -0.3 is 10.8 Å². The van der Waals surface area contributed by atoms with Gasteiger partial charge in [-0.1, -0.05) is 23.7 Å². The molecule has 0 radical (unpaired) electrons. The largest absolute Gasteiger partial charge is 0.508 e. The Balaban J connectivity index is 2.54. The topological polar surface area (TPSA) is 72.0 Å². The van der Waals surface area contributed by atoms with Crippen LogP contribution in [0.2, 0.25) is 5.15 Å². The van der Waals surface area contributed by atoms with Crippen LogP contribution >= 0.6 is 11.6 Å². The number of phenols is 1. The van der Waals surface area contributed by atoms with Crippen LogP contribution in [0.1, 0.15) is 0 Å². The number of benzene rings is 1. The van der Waals surface area contributed by atoms with Gasteiger partial charge in [0.05, 0.1) is 5.69 Å². The normalized spacial score (nSPS) is 10.2. The van der Waals surface area contributed by atoms with Crippen LogP contribution in [-0.4, -0.2) is 15.1 Å². The predicted molar refractivity (Wildman–Crippen MR) is 58.6 cm³/mol. The van der Waals surface area contributed by atoms with Gasteiger partial charge in [-0.15, -0.1) is 0 Å². The molecule has 76 valence electrons. The lowest BCUT2D eigenvalue weighted by atomic mass is 10.1. The smallest absolute Gasteiger partial charge is 0.221 e. The Bertz CT molecular complexity index is 482. The number of nitrogens with zero attached hydrogens (tertiary/aromatic N) is 2. The number of aromatic nitrogens is 2. The zero-order chi connectivity index (χ0) is 10.8. The summed E-state index contributed by atoms with van der Waals surface area (Å²) in [6.07, 6.45) is 0. The van der Waals surface area contributed by atoms with Gasteiger partial charge in [-0.25, -0.2) is 9.97 Å². The second-order valence-corrected chi connectivity index (χ2v) is 3.37. The van der Waals surface area contributed by atoms with E-state index in [4.69, 9.17) is 17.3 Å². The van der Waals surface area contributed by atoms with Gasteiger partial charge in [0, 0.05) is 11.6 Å². The number of aromatic hydroxyl groups is 1. The molecule has 15 heavy (non-hydrogen) atoms. The van der Waals surface area contributed by atoms with Crippen molar-refractivity contribution in [2.45, 2.75) is 0 Å². The summed E-state index contributed by atoms with van der Waals surface area (Å²) in [7, 11) is 0. The van der Waals surface area contributed by atoms with Crippen molar-refractivity contribution in [3.05, 3.63) is 35.5 Å². The third-order valence-corrected chi connectivity index (χ3v) is 2.05. The molecule has 0 aliphatic rings. The average Bonchev–Trinajstić information content (AvgIpc) is 2.16. The summed E-state index contributed by atoms with van der Waals surface area (Å²) in [5.41, 5.74) is 6.79. The molecule has 1 heterocycles. The predicted octanol–water partition coefficient (Wildman–Crippen LogP) is 2.08. The highest BCUT2D eigenvalue weighted by atomic mass is 35.5. The zero-order valence-corrected chi connectivity index (χ0v) is 8.44. The Labute approximate surface area is 91.4 Å². The molecule has 0 saturated carbocycles. The average molecular weight is 222 g/mol. The number of rotatable bonds is 1. The molecule has 5 heteroatoms. The Hall–Kier alpha value is -1.81. The summed E-state index contributed by atoms with van der Waals surface area (Å²) < 4.78 is 0. The van der Waals surface area contributed by atoms with Crippen molar-refractivity contribution in [3.63, 3.8) is 0 Å². The van der Waals surface area contributed by atoms with Crippen LogP contribution in [0, 0.1) is 0 Å². The second kappa shape index (κ2) is 3.74. The number of nitrogens with two attached hydrogens (primary N) is 1. The fraction of sp³-hybridized carbons (Fsp3) is 0. The molecule has 2 rings (SSSR count). The van der Waals surface area contributed by atoms with E-state index in [1.54, 1.807) is 30.3 Å². The molecule has 0 spiro atoms. The van der Waals surface area contributed by atoms with Crippen LogP contribution < -0.4 is 5.73 Å². The molecule has 1 aromatic carbocycles. The molecule has 1 aromatic heterocycles. The fourth-order valence-corrected chi connectivity index (χ4v) is 1.44. The lowest BCUT2D eigenvalue weighted by Crippen LogP contribution is -1.96. The quantitative estimate of drug-likeness (QED) is 0.724. The number of halogens is 1. The van der Waals surface area contributed by atoms with Crippen molar-refractivity contribution in [2.24, 2.45) is 0 Å². The maximum absolute atomic E-state index is 9.31. The minimum atomic E-state index is 0.112. The summed E-state index contributed by atoms with van der Waals surface area (Å²) in [5, 5.41) is 9.58. The molecule has 0 aliphatic carbocycles. The highest BCUT2D eigenvalue weighted by molar-refractivity contribution is 6.29. The molecule has 0 amide bonds. The molecular formula is C10H8ClN3O. The lowest BCUT2D eigenvalue weighted by Gasteiger charge is -2.02. The van der Waals surface area contributed by atoms with Crippen molar-refractivity contribution in [2.75, 3.05) is 5.73 Å². The highest BCUT2D eigenvalue weighted by Gasteiger charge is 2.03. The molecule has 4 nitrogen and oxygen atoms in total. The van der Waals surface area contributed by atoms with Crippen molar-refractivity contribution in [1.82, 2.24) is 9.97 Å². The summed E-state index contributed by atoms with van der Waals surface area (Å²) in [5.74, 6) is 0.279. The standard InChI is InChI=1S/C10H8ClN3O/c11-9-5-8(13-10(12)14-9)6-2-1-3-7(15)4-6/h1-5,15H,(H2,12,13,14). The van der Waals surface area contributed by atoms with Gasteiger partial charge >= 0.3 is 0 Å². The second-order valence-electron chi connectivity index (χ2n) is 2.98. The first-order valence-electron chi connectivity index (χ1n) is 4.24. The van der Waals surface area contributed by atoms with Crippen LogP contribution in [0.4, 0.5) is 5.95 Å². The maximum Gasteiger partial charge on any atom is 0.221 e. The first-order chi connectivity index (χ1) is 7.15. The van der Waals surface area contributed by atoms with Gasteiger partial charge in [-0.3, -0.25) is 0 Å². The van der Waals surface area contributed by atoms with Crippen molar-refractivity contribution >= 4 is 17.5 Å². The molecular weight excluding hydrogens is 214 g/mol. The Morgan fingerprint density at radius 3 is 2.67 bits per heavy atom. The summed E-state index contributed by atoms with van der Waals surface area (Å²) in [6, 6.07) is 8.27. The maximum atomic E-state index is 9.31. The number of nitrogen functional groups attached to an aromatic ring is 1. The highest BCUT2D eigenvalue weighted by Crippen LogP contribution is 2.23. The monoisotopic (exact) mass is 221 g/mol. The van der Waals surface area contributed by atoms with Crippen LogP contribution in [0.3, 0.4) is 0 Å².